The highest BCUT2D eigenvalue weighted by atomic mass is 16.7. The summed E-state index contributed by atoms with van der Waals surface area (Å²) in [5.74, 6) is 3.72. The quantitative estimate of drug-likeness (QED) is 0.223. The van der Waals surface area contributed by atoms with Crippen molar-refractivity contribution in [2.24, 2.45) is 23.2 Å². The van der Waals surface area contributed by atoms with Gasteiger partial charge < -0.3 is 33.5 Å². The number of benzene rings is 1. The summed E-state index contributed by atoms with van der Waals surface area (Å²) in [5, 5.41) is 8.70. The molecule has 0 heterocycles. The van der Waals surface area contributed by atoms with E-state index >= 15 is 0 Å². The largest absolute Gasteiger partial charge is 0.468 e. The van der Waals surface area contributed by atoms with Crippen LogP contribution in [0.15, 0.2) is 18.2 Å². The van der Waals surface area contributed by atoms with Crippen LogP contribution in [0.25, 0.3) is 0 Å². The van der Waals surface area contributed by atoms with Crippen LogP contribution in [0.1, 0.15) is 68.9 Å². The summed E-state index contributed by atoms with van der Waals surface area (Å²) in [6.45, 7) is 6.25. The van der Waals surface area contributed by atoms with E-state index in [2.05, 4.69) is 25.1 Å². The molecular formula is C31H50O7. The number of methoxy groups -OCH3 is 2. The van der Waals surface area contributed by atoms with Crippen molar-refractivity contribution in [3.05, 3.63) is 29.3 Å². The number of ether oxygens (including phenoxy) is 6. The van der Waals surface area contributed by atoms with Crippen molar-refractivity contribution >= 4 is 0 Å². The zero-order valence-electron chi connectivity index (χ0n) is 23.8. The van der Waals surface area contributed by atoms with Gasteiger partial charge in [0, 0.05) is 20.8 Å². The van der Waals surface area contributed by atoms with Gasteiger partial charge in [-0.1, -0.05) is 19.4 Å². The van der Waals surface area contributed by atoms with E-state index in [1.807, 2.05) is 7.11 Å². The molecule has 0 aromatic heterocycles. The van der Waals surface area contributed by atoms with Gasteiger partial charge in [0.25, 0.3) is 0 Å². The lowest BCUT2D eigenvalue weighted by Crippen LogP contribution is -2.47. The molecule has 0 saturated heterocycles. The third kappa shape index (κ3) is 7.10. The Labute approximate surface area is 229 Å². The number of hydrogen-bond acceptors (Lipinski definition) is 7. The van der Waals surface area contributed by atoms with E-state index in [4.69, 9.17) is 33.5 Å². The molecule has 6 unspecified atom stereocenters. The highest BCUT2D eigenvalue weighted by Gasteiger charge is 2.57. The van der Waals surface area contributed by atoms with Gasteiger partial charge in [0.2, 0.25) is 0 Å². The van der Waals surface area contributed by atoms with Crippen molar-refractivity contribution in [3.8, 4) is 5.75 Å². The number of aliphatic hydroxyl groups excluding tert-OH is 1. The maximum Gasteiger partial charge on any atom is 0.188 e. The van der Waals surface area contributed by atoms with Crippen LogP contribution in [0.2, 0.25) is 0 Å². The number of unbranched alkanes of at least 4 members (excludes halogenated alkanes) is 1. The van der Waals surface area contributed by atoms with Gasteiger partial charge >= 0.3 is 0 Å². The van der Waals surface area contributed by atoms with Crippen molar-refractivity contribution in [1.29, 1.82) is 0 Å². The molecule has 0 radical (unpaired) electrons. The van der Waals surface area contributed by atoms with Crippen LogP contribution in [0.4, 0.5) is 0 Å². The number of fused-ring (bicyclic) bond motifs is 5. The summed E-state index contributed by atoms with van der Waals surface area (Å²) < 4.78 is 33.5. The summed E-state index contributed by atoms with van der Waals surface area (Å²) in [6, 6.07) is 6.75. The number of rotatable bonds is 17. The highest BCUT2D eigenvalue weighted by molar-refractivity contribution is 5.41. The predicted octanol–water partition coefficient (Wildman–Crippen LogP) is 4.98. The average Bonchev–Trinajstić information content (AvgIpc) is 3.28. The molecule has 1 aromatic rings. The van der Waals surface area contributed by atoms with E-state index in [9.17, 15) is 0 Å². The molecule has 1 aromatic carbocycles. The second-order valence-electron chi connectivity index (χ2n) is 11.6. The lowest BCUT2D eigenvalue weighted by atomic mass is 9.52. The lowest BCUT2D eigenvalue weighted by Gasteiger charge is -2.53. The van der Waals surface area contributed by atoms with Crippen molar-refractivity contribution in [1.82, 2.24) is 0 Å². The van der Waals surface area contributed by atoms with E-state index in [1.165, 1.54) is 44.1 Å². The third-order valence-corrected chi connectivity index (χ3v) is 9.51. The Bertz CT molecular complexity index is 832. The van der Waals surface area contributed by atoms with Gasteiger partial charge in [0.1, 0.15) is 5.75 Å². The Morgan fingerprint density at radius 3 is 2.42 bits per heavy atom. The Morgan fingerprint density at radius 1 is 0.921 bits per heavy atom. The molecule has 3 aliphatic carbocycles. The Morgan fingerprint density at radius 2 is 1.68 bits per heavy atom. The zero-order chi connectivity index (χ0) is 26.8. The highest BCUT2D eigenvalue weighted by Crippen LogP contribution is 2.63. The molecule has 216 valence electrons. The molecule has 7 nitrogen and oxygen atoms in total. The fraction of sp³-hybridized carbons (Fsp3) is 0.806. The van der Waals surface area contributed by atoms with Crippen LogP contribution < -0.4 is 4.74 Å². The molecule has 0 aliphatic heterocycles. The minimum atomic E-state index is 0.0510. The maximum absolute atomic E-state index is 8.70. The molecule has 3 aliphatic rings. The summed E-state index contributed by atoms with van der Waals surface area (Å²) in [7, 11) is 3.58. The molecule has 4 rings (SSSR count). The first-order valence-corrected chi connectivity index (χ1v) is 14.7. The van der Waals surface area contributed by atoms with Crippen molar-refractivity contribution in [3.63, 3.8) is 0 Å². The minimum absolute atomic E-state index is 0.0510. The molecule has 0 bridgehead atoms. The molecule has 0 amide bonds. The Hall–Kier alpha value is -1.22. The average molecular weight is 535 g/mol. The second kappa shape index (κ2) is 15.0. The maximum atomic E-state index is 8.70. The van der Waals surface area contributed by atoms with E-state index < -0.39 is 0 Å². The Balaban J connectivity index is 1.32. The van der Waals surface area contributed by atoms with Crippen LogP contribution in [-0.4, -0.2) is 78.5 Å². The van der Waals surface area contributed by atoms with Crippen LogP contribution in [0.3, 0.4) is 0 Å². The molecule has 38 heavy (non-hydrogen) atoms. The summed E-state index contributed by atoms with van der Waals surface area (Å²) in [5.41, 5.74) is 3.34. The molecule has 2 saturated carbocycles. The topological polar surface area (TPSA) is 75.6 Å². The molecule has 2 fully saturated rings. The summed E-state index contributed by atoms with van der Waals surface area (Å²) >= 11 is 0. The van der Waals surface area contributed by atoms with Gasteiger partial charge in [0.05, 0.1) is 45.7 Å². The van der Waals surface area contributed by atoms with Gasteiger partial charge in [-0.3, -0.25) is 0 Å². The Kier molecular flexibility index (Phi) is 11.7. The summed E-state index contributed by atoms with van der Waals surface area (Å²) in [4.78, 5) is 0. The molecular weight excluding hydrogens is 484 g/mol. The van der Waals surface area contributed by atoms with Crippen LogP contribution in [0.5, 0.6) is 5.75 Å². The van der Waals surface area contributed by atoms with E-state index in [0.29, 0.717) is 56.4 Å². The first kappa shape index (κ1) is 29.8. The van der Waals surface area contributed by atoms with E-state index in [1.54, 1.807) is 12.7 Å². The first-order chi connectivity index (χ1) is 18.6. The fourth-order valence-corrected chi connectivity index (χ4v) is 7.82. The zero-order valence-corrected chi connectivity index (χ0v) is 23.8. The van der Waals surface area contributed by atoms with E-state index in [-0.39, 0.29) is 13.4 Å². The monoisotopic (exact) mass is 534 g/mol. The van der Waals surface area contributed by atoms with Gasteiger partial charge in [-0.05, 0) is 97.3 Å². The van der Waals surface area contributed by atoms with Crippen LogP contribution >= 0.6 is 0 Å². The van der Waals surface area contributed by atoms with Gasteiger partial charge in [-0.2, -0.15) is 0 Å². The van der Waals surface area contributed by atoms with E-state index in [0.717, 1.165) is 37.0 Å². The van der Waals surface area contributed by atoms with Crippen LogP contribution in [-0.2, 0) is 30.1 Å². The van der Waals surface area contributed by atoms with Gasteiger partial charge in [-0.25, -0.2) is 0 Å². The summed E-state index contributed by atoms with van der Waals surface area (Å²) in [6.07, 6.45) is 10.1. The number of aliphatic hydroxyl groups is 1. The predicted molar refractivity (Wildman–Crippen MR) is 147 cm³/mol. The number of hydrogen-bond donors (Lipinski definition) is 1. The van der Waals surface area contributed by atoms with Crippen molar-refractivity contribution in [2.75, 3.05) is 67.3 Å². The SMILES string of the molecule is COCOc1ccc2c(c1)CC(CCCCOCCOCCOCCO)C1C2CCC2(C)C(OC)CCC12. The second-order valence-corrected chi connectivity index (χ2v) is 11.6. The third-order valence-electron chi connectivity index (χ3n) is 9.51. The first-order valence-electron chi connectivity index (χ1n) is 14.7. The molecule has 0 spiro atoms. The molecule has 7 heteroatoms. The smallest absolute Gasteiger partial charge is 0.188 e. The lowest BCUT2D eigenvalue weighted by molar-refractivity contribution is -0.0573. The fourth-order valence-electron chi connectivity index (χ4n) is 7.82. The van der Waals surface area contributed by atoms with Crippen molar-refractivity contribution in [2.45, 2.75) is 70.3 Å². The minimum Gasteiger partial charge on any atom is -0.468 e. The van der Waals surface area contributed by atoms with Gasteiger partial charge in [-0.15, -0.1) is 0 Å². The van der Waals surface area contributed by atoms with Crippen molar-refractivity contribution < 1.29 is 33.5 Å². The normalized spacial score (nSPS) is 30.1. The standard InChI is InChI=1S/C31H50O7/c1-31-12-11-27-26-8-7-25(38-22-33-2)21-24(26)20-23(30(27)28(31)9-10-29(31)34-3)6-4-5-14-35-16-18-37-19-17-36-15-13-32/h7-8,21,23,27-30,32H,4-6,9-20,22H2,1-3H3. The van der Waals surface area contributed by atoms with Crippen LogP contribution in [0, 0.1) is 23.2 Å². The molecule has 6 atom stereocenters. The van der Waals surface area contributed by atoms with Gasteiger partial charge in [0.15, 0.2) is 6.79 Å². The molecule has 1 N–H and O–H groups in total.